The fourth-order valence-corrected chi connectivity index (χ4v) is 2.24. The Morgan fingerprint density at radius 2 is 1.78 bits per heavy atom. The Morgan fingerprint density at radius 3 is 2.39 bits per heavy atom. The summed E-state index contributed by atoms with van der Waals surface area (Å²) in [6.45, 7) is 2.09. The van der Waals surface area contributed by atoms with Crippen LogP contribution < -0.4 is 0 Å². The average molecular weight is 307 g/mol. The number of aryl methyl sites for hydroxylation is 1. The predicted octanol–water partition coefficient (Wildman–Crippen LogP) is 3.80. The van der Waals surface area contributed by atoms with Gasteiger partial charge in [-0.3, -0.25) is 0 Å². The largest absolute Gasteiger partial charge is 0.508 e. The van der Waals surface area contributed by atoms with E-state index in [2.05, 4.69) is 22.9 Å². The lowest BCUT2D eigenvalue weighted by molar-refractivity contribution is 0.215. The molecule has 0 saturated heterocycles. The molecule has 1 atom stereocenters. The first-order valence-corrected chi connectivity index (χ1v) is 6.66. The highest BCUT2D eigenvalue weighted by molar-refractivity contribution is 9.10. The van der Waals surface area contributed by atoms with Gasteiger partial charge in [-0.2, -0.15) is 0 Å². The summed E-state index contributed by atoms with van der Waals surface area (Å²) in [5.74, 6) is 0.102. The highest BCUT2D eigenvalue weighted by Gasteiger charge is 2.14. The predicted molar refractivity (Wildman–Crippen MR) is 75.7 cm³/mol. The molecule has 94 valence electrons. The van der Waals surface area contributed by atoms with Crippen LogP contribution in [0.1, 0.15) is 29.7 Å². The Hall–Kier alpha value is -1.32. The van der Waals surface area contributed by atoms with E-state index in [1.165, 1.54) is 5.56 Å². The maximum atomic E-state index is 10.3. The molecule has 0 amide bonds. The molecule has 0 saturated carbocycles. The Kier molecular flexibility index (Phi) is 4.04. The number of aliphatic hydroxyl groups excluding tert-OH is 1. The van der Waals surface area contributed by atoms with Gasteiger partial charge in [0.25, 0.3) is 0 Å². The molecule has 0 heterocycles. The fourth-order valence-electron chi connectivity index (χ4n) is 1.86. The van der Waals surface area contributed by atoms with Crippen molar-refractivity contribution >= 4 is 15.9 Å². The third-order valence-corrected chi connectivity index (χ3v) is 3.48. The number of hydrogen-bond donors (Lipinski definition) is 2. The van der Waals surface area contributed by atoms with E-state index in [0.29, 0.717) is 5.56 Å². The molecule has 2 nitrogen and oxygen atoms in total. The fraction of sp³-hybridized carbons (Fsp3) is 0.200. The van der Waals surface area contributed by atoms with Crippen LogP contribution in [0, 0.1) is 0 Å². The second-order valence-corrected chi connectivity index (χ2v) is 5.12. The maximum absolute atomic E-state index is 10.3. The molecule has 0 aliphatic carbocycles. The number of benzene rings is 2. The van der Waals surface area contributed by atoms with E-state index in [1.54, 1.807) is 18.2 Å². The molecule has 2 aromatic carbocycles. The van der Waals surface area contributed by atoms with Crippen molar-refractivity contribution in [2.45, 2.75) is 19.4 Å². The normalized spacial score (nSPS) is 12.4. The van der Waals surface area contributed by atoms with Crippen LogP contribution in [0.15, 0.2) is 46.9 Å². The molecule has 0 aliphatic rings. The Balaban J connectivity index is 2.34. The lowest BCUT2D eigenvalue weighted by Crippen LogP contribution is -2.00. The van der Waals surface area contributed by atoms with Gasteiger partial charge in [-0.05, 0) is 35.7 Å². The van der Waals surface area contributed by atoms with Crippen molar-refractivity contribution < 1.29 is 10.2 Å². The van der Waals surface area contributed by atoms with Gasteiger partial charge in [0.2, 0.25) is 0 Å². The van der Waals surface area contributed by atoms with E-state index in [4.69, 9.17) is 0 Å². The van der Waals surface area contributed by atoms with Crippen molar-refractivity contribution in [1.29, 1.82) is 0 Å². The third kappa shape index (κ3) is 2.74. The van der Waals surface area contributed by atoms with Crippen LogP contribution in [0.4, 0.5) is 0 Å². The summed E-state index contributed by atoms with van der Waals surface area (Å²) in [6.07, 6.45) is 0.159. The molecule has 1 unspecified atom stereocenters. The molecule has 18 heavy (non-hydrogen) atoms. The molecule has 2 aromatic rings. The SMILES string of the molecule is CCc1ccc(C(O)c2cc(Br)ccc2O)cc1. The van der Waals surface area contributed by atoms with Crippen LogP contribution >= 0.6 is 15.9 Å². The second kappa shape index (κ2) is 5.55. The number of aliphatic hydroxyl groups is 1. The van der Waals surface area contributed by atoms with E-state index in [1.807, 2.05) is 24.3 Å². The summed E-state index contributed by atoms with van der Waals surface area (Å²) in [4.78, 5) is 0. The zero-order valence-corrected chi connectivity index (χ0v) is 11.7. The molecule has 0 bridgehead atoms. The van der Waals surface area contributed by atoms with Crippen LogP contribution in [0.25, 0.3) is 0 Å². The van der Waals surface area contributed by atoms with E-state index in [9.17, 15) is 10.2 Å². The molecule has 0 aliphatic heterocycles. The second-order valence-electron chi connectivity index (χ2n) is 4.20. The van der Waals surface area contributed by atoms with Gasteiger partial charge in [0.15, 0.2) is 0 Å². The van der Waals surface area contributed by atoms with Crippen LogP contribution in [-0.4, -0.2) is 10.2 Å². The number of phenols is 1. The molecule has 2 rings (SSSR count). The van der Waals surface area contributed by atoms with Crippen LogP contribution in [0.2, 0.25) is 0 Å². The minimum atomic E-state index is -0.812. The third-order valence-electron chi connectivity index (χ3n) is 2.99. The molecule has 0 aromatic heterocycles. The molecule has 3 heteroatoms. The van der Waals surface area contributed by atoms with Gasteiger partial charge in [-0.25, -0.2) is 0 Å². The molecular formula is C15H15BrO2. The van der Waals surface area contributed by atoms with Crippen molar-refractivity contribution in [1.82, 2.24) is 0 Å². The summed E-state index contributed by atoms with van der Waals surface area (Å²) in [6, 6.07) is 12.8. The van der Waals surface area contributed by atoms with E-state index >= 15 is 0 Å². The van der Waals surface area contributed by atoms with Crippen molar-refractivity contribution in [3.8, 4) is 5.75 Å². The van der Waals surface area contributed by atoms with Crippen molar-refractivity contribution in [3.63, 3.8) is 0 Å². The number of halogens is 1. The van der Waals surface area contributed by atoms with Crippen molar-refractivity contribution in [3.05, 3.63) is 63.6 Å². The van der Waals surface area contributed by atoms with Gasteiger partial charge in [0.05, 0.1) is 0 Å². The van der Waals surface area contributed by atoms with Crippen molar-refractivity contribution in [2.24, 2.45) is 0 Å². The number of hydrogen-bond acceptors (Lipinski definition) is 2. The standard InChI is InChI=1S/C15H15BrO2/c1-2-10-3-5-11(6-4-10)15(18)13-9-12(16)7-8-14(13)17/h3-9,15,17-18H,2H2,1H3. The summed E-state index contributed by atoms with van der Waals surface area (Å²) in [7, 11) is 0. The minimum absolute atomic E-state index is 0.102. The first-order chi connectivity index (χ1) is 8.61. The highest BCUT2D eigenvalue weighted by Crippen LogP contribution is 2.31. The van der Waals surface area contributed by atoms with Gasteiger partial charge in [-0.1, -0.05) is 47.1 Å². The zero-order valence-electron chi connectivity index (χ0n) is 10.1. The highest BCUT2D eigenvalue weighted by atomic mass is 79.9. The average Bonchev–Trinajstić information content (AvgIpc) is 2.41. The monoisotopic (exact) mass is 306 g/mol. The summed E-state index contributed by atoms with van der Waals surface area (Å²) in [5.41, 5.74) is 2.51. The van der Waals surface area contributed by atoms with Crippen LogP contribution in [-0.2, 0) is 6.42 Å². The van der Waals surface area contributed by atoms with E-state index in [-0.39, 0.29) is 5.75 Å². The van der Waals surface area contributed by atoms with Gasteiger partial charge in [-0.15, -0.1) is 0 Å². The topological polar surface area (TPSA) is 40.5 Å². The van der Waals surface area contributed by atoms with E-state index < -0.39 is 6.10 Å². The molecule has 0 spiro atoms. The lowest BCUT2D eigenvalue weighted by Gasteiger charge is -2.14. The quantitative estimate of drug-likeness (QED) is 0.905. The van der Waals surface area contributed by atoms with Crippen LogP contribution in [0.5, 0.6) is 5.75 Å². The Labute approximate surface area is 115 Å². The smallest absolute Gasteiger partial charge is 0.121 e. The first kappa shape index (κ1) is 13.1. The van der Waals surface area contributed by atoms with Crippen LogP contribution in [0.3, 0.4) is 0 Å². The van der Waals surface area contributed by atoms with Gasteiger partial charge >= 0.3 is 0 Å². The first-order valence-electron chi connectivity index (χ1n) is 5.87. The van der Waals surface area contributed by atoms with Crippen molar-refractivity contribution in [2.75, 3.05) is 0 Å². The summed E-state index contributed by atoms with van der Waals surface area (Å²) in [5, 5.41) is 20.1. The summed E-state index contributed by atoms with van der Waals surface area (Å²) >= 11 is 3.34. The Morgan fingerprint density at radius 1 is 1.11 bits per heavy atom. The number of aromatic hydroxyl groups is 1. The lowest BCUT2D eigenvalue weighted by atomic mass is 9.99. The number of phenolic OH excluding ortho intramolecular Hbond substituents is 1. The molecule has 0 fully saturated rings. The summed E-state index contributed by atoms with van der Waals surface area (Å²) < 4.78 is 0.833. The van der Waals surface area contributed by atoms with Gasteiger partial charge < -0.3 is 10.2 Å². The maximum Gasteiger partial charge on any atom is 0.121 e. The zero-order chi connectivity index (χ0) is 13.1. The van der Waals surface area contributed by atoms with Gasteiger partial charge in [0, 0.05) is 10.0 Å². The van der Waals surface area contributed by atoms with E-state index in [0.717, 1.165) is 16.5 Å². The minimum Gasteiger partial charge on any atom is -0.508 e. The van der Waals surface area contributed by atoms with Gasteiger partial charge in [0.1, 0.15) is 11.9 Å². The number of rotatable bonds is 3. The molecular weight excluding hydrogens is 292 g/mol. The molecule has 0 radical (unpaired) electrons. The molecule has 2 N–H and O–H groups in total. The Bertz CT molecular complexity index is 535.